The number of hydrogen-bond acceptors (Lipinski definition) is 3. The molecule has 0 aliphatic carbocycles. The number of benzene rings is 2. The molecule has 3 rings (SSSR count). The predicted molar refractivity (Wildman–Crippen MR) is 84.6 cm³/mol. The van der Waals surface area contributed by atoms with Gasteiger partial charge in [-0.05, 0) is 18.1 Å². The first kappa shape index (κ1) is 14.3. The molecule has 2 aromatic rings. The van der Waals surface area contributed by atoms with Crippen molar-refractivity contribution >= 4 is 0 Å². The Hall–Kier alpha value is -1.68. The third-order valence-corrected chi connectivity index (χ3v) is 4.02. The summed E-state index contributed by atoms with van der Waals surface area (Å²) in [5, 5.41) is 2.30. The first-order valence-corrected chi connectivity index (χ1v) is 7.55. The van der Waals surface area contributed by atoms with Crippen molar-refractivity contribution in [1.82, 2.24) is 10.4 Å². The first-order valence-electron chi connectivity index (χ1n) is 7.55. The van der Waals surface area contributed by atoms with E-state index in [0.29, 0.717) is 6.04 Å². The van der Waals surface area contributed by atoms with Crippen LogP contribution in [0.5, 0.6) is 0 Å². The molecule has 1 heterocycles. The van der Waals surface area contributed by atoms with Gasteiger partial charge >= 0.3 is 0 Å². The molecule has 2 atom stereocenters. The van der Waals surface area contributed by atoms with E-state index in [1.54, 1.807) is 0 Å². The highest BCUT2D eigenvalue weighted by Gasteiger charge is 2.29. The lowest BCUT2D eigenvalue weighted by Crippen LogP contribution is -2.52. The molecule has 3 nitrogen and oxygen atoms in total. The summed E-state index contributed by atoms with van der Waals surface area (Å²) in [5.74, 6) is 0. The summed E-state index contributed by atoms with van der Waals surface area (Å²) >= 11 is 0. The third-order valence-electron chi connectivity index (χ3n) is 4.02. The summed E-state index contributed by atoms with van der Waals surface area (Å²) in [4.78, 5) is 0. The van der Waals surface area contributed by atoms with Crippen LogP contribution in [0.4, 0.5) is 0 Å². The van der Waals surface area contributed by atoms with E-state index in [9.17, 15) is 0 Å². The molecule has 3 heteroatoms. The van der Waals surface area contributed by atoms with Crippen LogP contribution in [-0.4, -0.2) is 24.2 Å². The van der Waals surface area contributed by atoms with Gasteiger partial charge in [-0.1, -0.05) is 60.7 Å². The maximum absolute atomic E-state index is 5.98. The van der Waals surface area contributed by atoms with Crippen molar-refractivity contribution in [1.29, 1.82) is 0 Å². The number of ether oxygens (including phenoxy) is 1. The van der Waals surface area contributed by atoms with E-state index in [1.165, 1.54) is 11.1 Å². The van der Waals surface area contributed by atoms with E-state index in [0.717, 1.165) is 19.7 Å². The highest BCUT2D eigenvalue weighted by atomic mass is 16.5. The van der Waals surface area contributed by atoms with Crippen LogP contribution in [0, 0.1) is 0 Å². The lowest BCUT2D eigenvalue weighted by atomic mass is 10.0. The van der Waals surface area contributed by atoms with Gasteiger partial charge in [0.25, 0.3) is 0 Å². The first-order chi connectivity index (χ1) is 10.3. The summed E-state index contributed by atoms with van der Waals surface area (Å²) in [5.41, 5.74) is 6.09. The summed E-state index contributed by atoms with van der Waals surface area (Å²) < 4.78 is 5.98. The maximum Gasteiger partial charge on any atom is 0.0991 e. The van der Waals surface area contributed by atoms with Crippen molar-refractivity contribution in [2.45, 2.75) is 25.6 Å². The van der Waals surface area contributed by atoms with Crippen LogP contribution < -0.4 is 5.43 Å². The average Bonchev–Trinajstić information content (AvgIpc) is 2.56. The van der Waals surface area contributed by atoms with Gasteiger partial charge in [-0.15, -0.1) is 0 Å². The number of morpholine rings is 1. The fourth-order valence-electron chi connectivity index (χ4n) is 2.81. The van der Waals surface area contributed by atoms with Gasteiger partial charge in [0.15, 0.2) is 0 Å². The Morgan fingerprint density at radius 1 is 1.05 bits per heavy atom. The molecular formula is C18H22N2O. The van der Waals surface area contributed by atoms with Gasteiger partial charge in [-0.25, -0.2) is 5.01 Å². The molecule has 0 amide bonds. The standard InChI is InChI=1S/C18H22N2O/c1-15-18(17-10-6-3-7-11-17)21-13-12-20(15)19-14-16-8-4-2-5-9-16/h2-11,15,18-19H,12-14H2,1H3/t15-,18+/m0/s1. The van der Waals surface area contributed by atoms with Crippen molar-refractivity contribution in [3.8, 4) is 0 Å². The molecule has 0 unspecified atom stereocenters. The maximum atomic E-state index is 5.98. The molecule has 1 fully saturated rings. The summed E-state index contributed by atoms with van der Waals surface area (Å²) in [6, 6.07) is 21.3. The second-order valence-corrected chi connectivity index (χ2v) is 5.46. The molecule has 1 N–H and O–H groups in total. The number of hydrazine groups is 1. The minimum atomic E-state index is 0.128. The Kier molecular flexibility index (Phi) is 4.65. The third kappa shape index (κ3) is 3.50. The van der Waals surface area contributed by atoms with Crippen LogP contribution in [0.25, 0.3) is 0 Å². The smallest absolute Gasteiger partial charge is 0.0991 e. The second kappa shape index (κ2) is 6.85. The molecule has 1 aliphatic rings. The van der Waals surface area contributed by atoms with Gasteiger partial charge in [0.1, 0.15) is 0 Å². The largest absolute Gasteiger partial charge is 0.370 e. The zero-order valence-electron chi connectivity index (χ0n) is 12.4. The van der Waals surface area contributed by atoms with Crippen molar-refractivity contribution in [3.63, 3.8) is 0 Å². The van der Waals surface area contributed by atoms with Crippen LogP contribution in [-0.2, 0) is 11.3 Å². The van der Waals surface area contributed by atoms with E-state index < -0.39 is 0 Å². The zero-order chi connectivity index (χ0) is 14.5. The fraction of sp³-hybridized carbons (Fsp3) is 0.333. The van der Waals surface area contributed by atoms with Crippen LogP contribution >= 0.6 is 0 Å². The Morgan fingerprint density at radius 2 is 1.71 bits per heavy atom. The Morgan fingerprint density at radius 3 is 2.43 bits per heavy atom. The predicted octanol–water partition coefficient (Wildman–Crippen LogP) is 3.15. The molecule has 0 aromatic heterocycles. The molecule has 0 spiro atoms. The van der Waals surface area contributed by atoms with E-state index in [-0.39, 0.29) is 6.10 Å². The van der Waals surface area contributed by atoms with Crippen molar-refractivity contribution in [2.75, 3.05) is 13.2 Å². The van der Waals surface area contributed by atoms with Gasteiger partial charge in [0.05, 0.1) is 18.8 Å². The van der Waals surface area contributed by atoms with E-state index >= 15 is 0 Å². The SMILES string of the molecule is C[C@H]1[C@H](c2ccccc2)OCCN1NCc1ccccc1. The summed E-state index contributed by atoms with van der Waals surface area (Å²) in [6.45, 7) is 4.74. The second-order valence-electron chi connectivity index (χ2n) is 5.46. The fourth-order valence-corrected chi connectivity index (χ4v) is 2.81. The van der Waals surface area contributed by atoms with Gasteiger partial charge in [0.2, 0.25) is 0 Å². The Bertz CT molecular complexity index is 544. The lowest BCUT2D eigenvalue weighted by Gasteiger charge is -2.39. The monoisotopic (exact) mass is 282 g/mol. The number of hydrogen-bond donors (Lipinski definition) is 1. The minimum absolute atomic E-state index is 0.128. The normalized spacial score (nSPS) is 23.1. The molecule has 0 radical (unpaired) electrons. The lowest BCUT2D eigenvalue weighted by molar-refractivity contribution is -0.0880. The van der Waals surface area contributed by atoms with Crippen molar-refractivity contribution < 1.29 is 4.74 Å². The van der Waals surface area contributed by atoms with Gasteiger partial charge < -0.3 is 4.74 Å². The van der Waals surface area contributed by atoms with Gasteiger partial charge in [0, 0.05) is 13.1 Å². The Labute approximate surface area is 126 Å². The van der Waals surface area contributed by atoms with Gasteiger partial charge in [-0.3, -0.25) is 5.43 Å². The van der Waals surface area contributed by atoms with Crippen molar-refractivity contribution in [3.05, 3.63) is 71.8 Å². The number of nitrogens with one attached hydrogen (secondary N) is 1. The molecule has 110 valence electrons. The quantitative estimate of drug-likeness (QED) is 0.932. The molecule has 1 saturated heterocycles. The summed E-state index contributed by atoms with van der Waals surface area (Å²) in [7, 11) is 0. The topological polar surface area (TPSA) is 24.5 Å². The van der Waals surface area contributed by atoms with Gasteiger partial charge in [-0.2, -0.15) is 0 Å². The molecular weight excluding hydrogens is 260 g/mol. The molecule has 21 heavy (non-hydrogen) atoms. The molecule has 0 bridgehead atoms. The molecule has 0 saturated carbocycles. The van der Waals surface area contributed by atoms with E-state index in [2.05, 4.69) is 65.9 Å². The average molecular weight is 282 g/mol. The van der Waals surface area contributed by atoms with Crippen molar-refractivity contribution in [2.24, 2.45) is 0 Å². The van der Waals surface area contributed by atoms with Crippen LogP contribution in [0.2, 0.25) is 0 Å². The molecule has 1 aliphatic heterocycles. The number of rotatable bonds is 4. The van der Waals surface area contributed by atoms with E-state index in [4.69, 9.17) is 4.74 Å². The minimum Gasteiger partial charge on any atom is -0.370 e. The number of nitrogens with zero attached hydrogens (tertiary/aromatic N) is 1. The van der Waals surface area contributed by atoms with E-state index in [1.807, 2.05) is 12.1 Å². The van der Waals surface area contributed by atoms with Crippen LogP contribution in [0.3, 0.4) is 0 Å². The highest BCUT2D eigenvalue weighted by molar-refractivity contribution is 5.19. The highest BCUT2D eigenvalue weighted by Crippen LogP contribution is 2.27. The van der Waals surface area contributed by atoms with Crippen LogP contribution in [0.15, 0.2) is 60.7 Å². The zero-order valence-corrected chi connectivity index (χ0v) is 12.4. The molecule has 2 aromatic carbocycles. The van der Waals surface area contributed by atoms with Crippen LogP contribution in [0.1, 0.15) is 24.2 Å². The Balaban J connectivity index is 1.64. The summed E-state index contributed by atoms with van der Waals surface area (Å²) in [6.07, 6.45) is 0.128.